The average molecular weight is 398 g/mol. The smallest absolute Gasteiger partial charge is 0.147 e. The van der Waals surface area contributed by atoms with Gasteiger partial charge in [-0.3, -0.25) is 0 Å². The first-order valence-corrected chi connectivity index (χ1v) is 8.34. The molecule has 6 heteroatoms. The van der Waals surface area contributed by atoms with Crippen LogP contribution >= 0.6 is 43.5 Å². The van der Waals surface area contributed by atoms with Crippen LogP contribution in [0.1, 0.15) is 6.42 Å². The lowest BCUT2D eigenvalue weighted by Crippen LogP contribution is -2.32. The van der Waals surface area contributed by atoms with E-state index in [1.165, 1.54) is 0 Å². The van der Waals surface area contributed by atoms with Crippen LogP contribution in [-0.2, 0) is 0 Å². The summed E-state index contributed by atoms with van der Waals surface area (Å²) in [5.74, 6) is 0.903. The van der Waals surface area contributed by atoms with Crippen molar-refractivity contribution < 1.29 is 0 Å². The summed E-state index contributed by atoms with van der Waals surface area (Å²) in [5.41, 5.74) is 0. The van der Waals surface area contributed by atoms with E-state index in [1.54, 1.807) is 0 Å². The first-order valence-electron chi connectivity index (χ1n) is 6.05. The Hall–Kier alpha value is 0.160. The van der Waals surface area contributed by atoms with E-state index in [9.17, 15) is 0 Å². The second-order valence-electron chi connectivity index (χ2n) is 4.33. The summed E-state index contributed by atoms with van der Waals surface area (Å²) in [6.07, 6.45) is 2.96. The number of aromatic nitrogens is 1. The monoisotopic (exact) mass is 395 g/mol. The fraction of sp³-hybridized carbons (Fsp3) is 0.583. The fourth-order valence-corrected chi connectivity index (χ4v) is 3.42. The minimum absolute atomic E-state index is 0.721. The van der Waals surface area contributed by atoms with Crippen LogP contribution in [0.3, 0.4) is 0 Å². The molecular weight excluding hydrogens is 381 g/mol. The summed E-state index contributed by atoms with van der Waals surface area (Å²) < 4.78 is 0.923. The number of anilines is 1. The van der Waals surface area contributed by atoms with Crippen molar-refractivity contribution >= 4 is 49.3 Å². The van der Waals surface area contributed by atoms with E-state index in [-0.39, 0.29) is 0 Å². The molecule has 1 aromatic rings. The van der Waals surface area contributed by atoms with E-state index in [1.807, 2.05) is 12.3 Å². The molecule has 0 radical (unpaired) electrons. The van der Waals surface area contributed by atoms with E-state index in [4.69, 9.17) is 11.6 Å². The summed E-state index contributed by atoms with van der Waals surface area (Å²) in [4.78, 5) is 9.19. The first-order chi connectivity index (χ1) is 8.70. The van der Waals surface area contributed by atoms with E-state index < -0.39 is 0 Å². The molecule has 0 bridgehead atoms. The molecule has 0 N–H and O–H groups in total. The summed E-state index contributed by atoms with van der Waals surface area (Å²) in [6, 6.07) is 1.91. The zero-order valence-electron chi connectivity index (χ0n) is 10.1. The Balaban J connectivity index is 2.05. The molecule has 1 aliphatic rings. The maximum atomic E-state index is 6.26. The van der Waals surface area contributed by atoms with Gasteiger partial charge in [-0.15, -0.1) is 0 Å². The summed E-state index contributed by atoms with van der Waals surface area (Å²) in [6.45, 7) is 5.33. The Morgan fingerprint density at radius 1 is 1.28 bits per heavy atom. The SMILES string of the molecule is Clc1cc(Br)cnc1N1CCCN(CCBr)CC1. The number of rotatable bonds is 3. The predicted octanol–water partition coefficient (Wildman–Crippen LogP) is 3.40. The molecule has 0 aromatic carbocycles. The molecule has 1 aromatic heterocycles. The van der Waals surface area contributed by atoms with Gasteiger partial charge in [0.05, 0.1) is 5.02 Å². The molecule has 100 valence electrons. The molecule has 0 spiro atoms. The second-order valence-corrected chi connectivity index (χ2v) is 6.45. The fourth-order valence-electron chi connectivity index (χ4n) is 2.17. The first kappa shape index (κ1) is 14.6. The summed E-state index contributed by atoms with van der Waals surface area (Å²) in [7, 11) is 0. The van der Waals surface area contributed by atoms with E-state index in [0.717, 1.165) is 59.8 Å². The Labute approximate surface area is 130 Å². The molecule has 0 atom stereocenters. The second kappa shape index (κ2) is 7.08. The van der Waals surface area contributed by atoms with E-state index in [0.29, 0.717) is 0 Å². The minimum atomic E-state index is 0.721. The van der Waals surface area contributed by atoms with Crippen LogP contribution in [0.4, 0.5) is 5.82 Å². The highest BCUT2D eigenvalue weighted by Gasteiger charge is 2.17. The van der Waals surface area contributed by atoms with Crippen LogP contribution in [0, 0.1) is 0 Å². The number of hydrogen-bond acceptors (Lipinski definition) is 3. The highest BCUT2D eigenvalue weighted by Crippen LogP contribution is 2.26. The molecule has 18 heavy (non-hydrogen) atoms. The van der Waals surface area contributed by atoms with Crippen molar-refractivity contribution in [2.75, 3.05) is 43.0 Å². The van der Waals surface area contributed by atoms with Gasteiger partial charge >= 0.3 is 0 Å². The van der Waals surface area contributed by atoms with Gasteiger partial charge in [0.15, 0.2) is 0 Å². The van der Waals surface area contributed by atoms with Gasteiger partial charge in [-0.25, -0.2) is 4.98 Å². The largest absolute Gasteiger partial charge is 0.354 e. The van der Waals surface area contributed by atoms with Crippen molar-refractivity contribution in [2.24, 2.45) is 0 Å². The summed E-state index contributed by atoms with van der Waals surface area (Å²) in [5, 5.41) is 1.75. The molecule has 1 fully saturated rings. The van der Waals surface area contributed by atoms with Gasteiger partial charge in [-0.1, -0.05) is 27.5 Å². The van der Waals surface area contributed by atoms with Crippen LogP contribution in [-0.4, -0.2) is 47.9 Å². The molecule has 2 rings (SSSR count). The van der Waals surface area contributed by atoms with Gasteiger partial charge in [0.25, 0.3) is 0 Å². The van der Waals surface area contributed by atoms with Crippen molar-refractivity contribution in [1.82, 2.24) is 9.88 Å². The lowest BCUT2D eigenvalue weighted by atomic mass is 10.3. The predicted molar refractivity (Wildman–Crippen MR) is 84.0 cm³/mol. The van der Waals surface area contributed by atoms with Crippen LogP contribution in [0.25, 0.3) is 0 Å². The number of nitrogens with zero attached hydrogens (tertiary/aromatic N) is 3. The number of alkyl halides is 1. The standard InChI is InChI=1S/C12H16Br2ClN3/c13-2-5-17-3-1-4-18(7-6-17)12-11(15)8-10(14)9-16-12/h8-9H,1-7H2. The topological polar surface area (TPSA) is 19.4 Å². The van der Waals surface area contributed by atoms with Crippen molar-refractivity contribution in [3.63, 3.8) is 0 Å². The zero-order valence-corrected chi connectivity index (χ0v) is 14.0. The third-order valence-electron chi connectivity index (χ3n) is 3.08. The lowest BCUT2D eigenvalue weighted by Gasteiger charge is -2.23. The number of pyridine rings is 1. The van der Waals surface area contributed by atoms with Crippen molar-refractivity contribution in [3.05, 3.63) is 21.8 Å². The molecule has 2 heterocycles. The maximum absolute atomic E-state index is 6.26. The Morgan fingerprint density at radius 2 is 2.11 bits per heavy atom. The Kier molecular flexibility index (Phi) is 5.73. The van der Waals surface area contributed by atoms with Crippen molar-refractivity contribution in [1.29, 1.82) is 0 Å². The third kappa shape index (κ3) is 3.83. The van der Waals surface area contributed by atoms with E-state index >= 15 is 0 Å². The molecule has 0 aliphatic carbocycles. The number of halogens is 3. The van der Waals surface area contributed by atoms with Crippen molar-refractivity contribution in [2.45, 2.75) is 6.42 Å². The molecule has 0 amide bonds. The molecule has 3 nitrogen and oxygen atoms in total. The molecule has 1 aliphatic heterocycles. The maximum Gasteiger partial charge on any atom is 0.147 e. The zero-order chi connectivity index (χ0) is 13.0. The minimum Gasteiger partial charge on any atom is -0.354 e. The quantitative estimate of drug-likeness (QED) is 0.729. The van der Waals surface area contributed by atoms with Gasteiger partial charge in [-0.05, 0) is 35.0 Å². The van der Waals surface area contributed by atoms with Gasteiger partial charge in [0.2, 0.25) is 0 Å². The van der Waals surface area contributed by atoms with Gasteiger partial charge in [0, 0.05) is 42.2 Å². The van der Waals surface area contributed by atoms with Gasteiger partial charge < -0.3 is 9.80 Å². The van der Waals surface area contributed by atoms with Crippen LogP contribution in [0.15, 0.2) is 16.7 Å². The lowest BCUT2D eigenvalue weighted by molar-refractivity contribution is 0.313. The highest BCUT2D eigenvalue weighted by molar-refractivity contribution is 9.10. The molecule has 0 unspecified atom stereocenters. The Morgan fingerprint density at radius 3 is 2.83 bits per heavy atom. The Bertz CT molecular complexity index is 403. The van der Waals surface area contributed by atoms with Crippen molar-refractivity contribution in [3.8, 4) is 0 Å². The van der Waals surface area contributed by atoms with Gasteiger partial charge in [0.1, 0.15) is 5.82 Å². The van der Waals surface area contributed by atoms with Crippen LogP contribution in [0.2, 0.25) is 5.02 Å². The van der Waals surface area contributed by atoms with Crippen LogP contribution in [0.5, 0.6) is 0 Å². The van der Waals surface area contributed by atoms with Gasteiger partial charge in [-0.2, -0.15) is 0 Å². The average Bonchev–Trinajstić information content (AvgIpc) is 2.55. The summed E-state index contributed by atoms with van der Waals surface area (Å²) >= 11 is 13.1. The third-order valence-corrected chi connectivity index (χ3v) is 4.14. The van der Waals surface area contributed by atoms with Crippen LogP contribution < -0.4 is 4.90 Å². The molecular formula is C12H16Br2ClN3. The molecule has 0 saturated carbocycles. The highest BCUT2D eigenvalue weighted by atomic mass is 79.9. The number of hydrogen-bond donors (Lipinski definition) is 0. The normalized spacial score (nSPS) is 17.8. The van der Waals surface area contributed by atoms with E-state index in [2.05, 4.69) is 46.6 Å². The molecule has 1 saturated heterocycles.